The number of nitrogens with one attached hydrogen (secondary N) is 1. The number of benzene rings is 1. The highest BCUT2D eigenvalue weighted by Crippen LogP contribution is 2.22. The zero-order valence-electron chi connectivity index (χ0n) is 10.8. The lowest BCUT2D eigenvalue weighted by Gasteiger charge is -2.07. The molecule has 1 aromatic carbocycles. The predicted molar refractivity (Wildman–Crippen MR) is 83.9 cm³/mol. The van der Waals surface area contributed by atoms with E-state index >= 15 is 0 Å². The molecule has 0 bridgehead atoms. The van der Waals surface area contributed by atoms with Crippen LogP contribution in [0.4, 0.5) is 10.1 Å². The molecule has 1 amide bonds. The molecule has 0 aliphatic carbocycles. The Morgan fingerprint density at radius 1 is 1.09 bits per heavy atom. The third kappa shape index (κ3) is 4.59. The van der Waals surface area contributed by atoms with Crippen molar-refractivity contribution in [2.45, 2.75) is 0 Å². The smallest absolute Gasteiger partial charge is 0.269 e. The molecule has 4 nitrogen and oxygen atoms in total. The summed E-state index contributed by atoms with van der Waals surface area (Å²) in [6.45, 7) is 0. The molecule has 1 N–H and O–H groups in total. The van der Waals surface area contributed by atoms with Gasteiger partial charge in [0.15, 0.2) is 0 Å². The average Bonchev–Trinajstić information content (AvgIpc) is 2.50. The van der Waals surface area contributed by atoms with E-state index in [0.717, 1.165) is 0 Å². The number of pyridine rings is 1. The second kappa shape index (κ2) is 7.45. The summed E-state index contributed by atoms with van der Waals surface area (Å²) in [5, 5.41) is 2.13. The van der Waals surface area contributed by atoms with Gasteiger partial charge in [-0.25, -0.2) is 9.37 Å². The van der Waals surface area contributed by atoms with E-state index in [1.807, 2.05) is 0 Å². The van der Waals surface area contributed by atoms with Gasteiger partial charge in [0.2, 0.25) is 5.88 Å². The van der Waals surface area contributed by atoms with E-state index in [2.05, 4.69) is 10.3 Å². The maximum Gasteiger partial charge on any atom is 0.269 e. The number of hydrogen-bond donors (Lipinski definition) is 1. The average molecular weight is 362 g/mol. The van der Waals surface area contributed by atoms with Gasteiger partial charge in [-0.1, -0.05) is 34.8 Å². The number of halogens is 4. The second-order valence-corrected chi connectivity index (χ2v) is 5.30. The second-order valence-electron chi connectivity index (χ2n) is 3.97. The van der Waals surface area contributed by atoms with Gasteiger partial charge in [-0.05, 0) is 30.3 Å². The Bertz CT molecular complexity index is 699. The number of amides is 1. The summed E-state index contributed by atoms with van der Waals surface area (Å²) >= 11 is 16.4. The molecule has 0 spiro atoms. The minimum Gasteiger partial charge on any atom is -0.439 e. The van der Waals surface area contributed by atoms with Crippen LogP contribution in [0.25, 0.3) is 0 Å². The molecule has 0 atom stereocenters. The molecule has 0 unspecified atom stereocenters. The summed E-state index contributed by atoms with van der Waals surface area (Å²) in [5.74, 6) is -0.302. The van der Waals surface area contributed by atoms with Crippen LogP contribution in [0.5, 0.6) is 11.6 Å². The normalized spacial score (nSPS) is 10.0. The van der Waals surface area contributed by atoms with Crippen LogP contribution in [0.3, 0.4) is 0 Å². The topological polar surface area (TPSA) is 51.2 Å². The van der Waals surface area contributed by atoms with Crippen LogP contribution in [0.1, 0.15) is 0 Å². The Hall–Kier alpha value is -1.82. The first-order valence-electron chi connectivity index (χ1n) is 5.87. The van der Waals surface area contributed by atoms with Crippen molar-refractivity contribution in [1.29, 1.82) is 0 Å². The molecule has 8 heteroatoms. The van der Waals surface area contributed by atoms with Crippen LogP contribution in [0.15, 0.2) is 52.1 Å². The number of aromatic nitrogens is 1. The minimum atomic E-state index is -0.657. The van der Waals surface area contributed by atoms with Crippen molar-refractivity contribution in [3.8, 4) is 11.6 Å². The zero-order chi connectivity index (χ0) is 16.1. The minimum absolute atomic E-state index is 0.279. The third-order valence-electron chi connectivity index (χ3n) is 2.40. The number of hydrogen-bond acceptors (Lipinski definition) is 3. The van der Waals surface area contributed by atoms with Crippen LogP contribution in [-0.4, -0.2) is 10.9 Å². The largest absolute Gasteiger partial charge is 0.439 e. The van der Waals surface area contributed by atoms with Crippen LogP contribution >= 0.6 is 34.8 Å². The molecule has 22 heavy (non-hydrogen) atoms. The molecular formula is C14H8Cl3FN2O2. The van der Waals surface area contributed by atoms with Crippen molar-refractivity contribution in [2.24, 2.45) is 0 Å². The maximum absolute atomic E-state index is 12.8. The summed E-state index contributed by atoms with van der Waals surface area (Å²) in [5.41, 5.74) is 0.379. The van der Waals surface area contributed by atoms with Crippen LogP contribution in [0, 0.1) is 5.82 Å². The van der Waals surface area contributed by atoms with Gasteiger partial charge in [-0.3, -0.25) is 4.79 Å². The van der Waals surface area contributed by atoms with Crippen LogP contribution in [-0.2, 0) is 4.79 Å². The number of ether oxygens (including phenoxy) is 1. The fraction of sp³-hybridized carbons (Fsp3) is 0. The van der Waals surface area contributed by atoms with Crippen molar-refractivity contribution >= 4 is 46.4 Å². The van der Waals surface area contributed by atoms with Crippen molar-refractivity contribution in [3.05, 3.63) is 57.9 Å². The Morgan fingerprint density at radius 2 is 1.77 bits per heavy atom. The number of anilines is 1. The highest BCUT2D eigenvalue weighted by atomic mass is 35.5. The number of carbonyl (C=O) groups excluding carboxylic acids is 1. The Morgan fingerprint density at radius 3 is 2.32 bits per heavy atom. The fourth-order valence-corrected chi connectivity index (χ4v) is 1.63. The Kier molecular flexibility index (Phi) is 5.60. The molecule has 0 radical (unpaired) electrons. The van der Waals surface area contributed by atoms with Gasteiger partial charge in [-0.15, -0.1) is 0 Å². The van der Waals surface area contributed by atoms with E-state index < -0.39 is 5.91 Å². The van der Waals surface area contributed by atoms with Crippen molar-refractivity contribution in [1.82, 2.24) is 4.98 Å². The van der Waals surface area contributed by atoms with E-state index in [9.17, 15) is 9.18 Å². The first-order chi connectivity index (χ1) is 10.5. The molecule has 2 rings (SSSR count). The maximum atomic E-state index is 12.8. The van der Waals surface area contributed by atoms with Crippen molar-refractivity contribution in [3.63, 3.8) is 0 Å². The number of nitrogens with zero attached hydrogens (tertiary/aromatic N) is 1. The van der Waals surface area contributed by atoms with Crippen molar-refractivity contribution < 1.29 is 13.9 Å². The van der Waals surface area contributed by atoms with E-state index in [4.69, 9.17) is 39.5 Å². The predicted octanol–water partition coefficient (Wildman–Crippen LogP) is 4.84. The highest BCUT2D eigenvalue weighted by Gasteiger charge is 2.11. The van der Waals surface area contributed by atoms with E-state index in [1.165, 1.54) is 36.5 Å². The fourth-order valence-electron chi connectivity index (χ4n) is 1.41. The molecular weight excluding hydrogens is 354 g/mol. The van der Waals surface area contributed by atoms with Gasteiger partial charge in [0.05, 0.1) is 11.9 Å². The summed E-state index contributed by atoms with van der Waals surface area (Å²) in [6, 6.07) is 8.57. The summed E-state index contributed by atoms with van der Waals surface area (Å²) in [7, 11) is 0. The molecule has 0 fully saturated rings. The molecule has 0 saturated carbocycles. The molecule has 1 heterocycles. The lowest BCUT2D eigenvalue weighted by molar-refractivity contribution is -0.112. The van der Waals surface area contributed by atoms with E-state index in [0.29, 0.717) is 11.4 Å². The van der Waals surface area contributed by atoms with E-state index in [1.54, 1.807) is 6.07 Å². The van der Waals surface area contributed by atoms with Gasteiger partial charge in [0.1, 0.15) is 21.1 Å². The molecule has 0 saturated heterocycles. The summed E-state index contributed by atoms with van der Waals surface area (Å²) < 4.78 is 17.9. The third-order valence-corrected chi connectivity index (χ3v) is 3.33. The molecule has 114 valence electrons. The number of carbonyl (C=O) groups is 1. The number of rotatable bonds is 4. The van der Waals surface area contributed by atoms with Gasteiger partial charge >= 0.3 is 0 Å². The van der Waals surface area contributed by atoms with Gasteiger partial charge in [0, 0.05) is 6.07 Å². The van der Waals surface area contributed by atoms with E-state index in [-0.39, 0.29) is 21.2 Å². The quantitative estimate of drug-likeness (QED) is 0.793. The SMILES string of the molecule is O=C(Nc1ccc(Oc2ccc(F)cc2)nc1)C(Cl)=C(Cl)Cl. The summed E-state index contributed by atoms with van der Waals surface area (Å²) in [4.78, 5) is 15.6. The van der Waals surface area contributed by atoms with Gasteiger partial charge in [-0.2, -0.15) is 0 Å². The standard InChI is InChI=1S/C14H8Cl3FN2O2/c15-12(13(16)17)14(21)20-9-3-6-11(19-7-9)22-10-4-1-8(18)2-5-10/h1-7H,(H,20,21). The first-order valence-corrected chi connectivity index (χ1v) is 7.00. The lowest BCUT2D eigenvalue weighted by atomic mass is 10.3. The Balaban J connectivity index is 2.03. The highest BCUT2D eigenvalue weighted by molar-refractivity contribution is 6.63. The van der Waals surface area contributed by atoms with Crippen molar-refractivity contribution in [2.75, 3.05) is 5.32 Å². The van der Waals surface area contributed by atoms with Gasteiger partial charge < -0.3 is 10.1 Å². The molecule has 0 aliphatic heterocycles. The monoisotopic (exact) mass is 360 g/mol. The van der Waals surface area contributed by atoms with Gasteiger partial charge in [0.25, 0.3) is 5.91 Å². The Labute approximate surface area is 140 Å². The lowest BCUT2D eigenvalue weighted by Crippen LogP contribution is -2.11. The molecule has 2 aromatic rings. The first kappa shape index (κ1) is 16.5. The molecule has 1 aromatic heterocycles. The summed E-state index contributed by atoms with van der Waals surface area (Å²) in [6.07, 6.45) is 1.36. The molecule has 0 aliphatic rings. The van der Waals surface area contributed by atoms with Crippen LogP contribution in [0.2, 0.25) is 0 Å². The zero-order valence-corrected chi connectivity index (χ0v) is 13.1. The van der Waals surface area contributed by atoms with Crippen LogP contribution < -0.4 is 10.1 Å².